The second-order valence-electron chi connectivity index (χ2n) is 7.02. The van der Waals surface area contributed by atoms with Gasteiger partial charge in [-0.25, -0.2) is 4.98 Å². The minimum atomic E-state index is -4.39. The van der Waals surface area contributed by atoms with Gasteiger partial charge in [0.1, 0.15) is 5.82 Å². The van der Waals surface area contributed by atoms with Crippen LogP contribution >= 0.6 is 0 Å². The van der Waals surface area contributed by atoms with Crippen LogP contribution in [0.25, 0.3) is 0 Å². The minimum Gasteiger partial charge on any atom is -0.353 e. The van der Waals surface area contributed by atoms with Crippen LogP contribution in [0.2, 0.25) is 0 Å². The monoisotopic (exact) mass is 386 g/mol. The molecule has 1 amide bonds. The number of hydrogen-bond acceptors (Lipinski definition) is 4. The highest BCUT2D eigenvalue weighted by Gasteiger charge is 2.32. The van der Waals surface area contributed by atoms with E-state index in [1.54, 1.807) is 6.92 Å². The highest BCUT2D eigenvalue weighted by Crippen LogP contribution is 2.32. The SMILES string of the molecule is CCC(CCCNC)C(=O)N1CCN(c2cc(C(F)(F)F)cc(C)n2)CC1. The van der Waals surface area contributed by atoms with Crippen molar-refractivity contribution < 1.29 is 18.0 Å². The molecule has 1 atom stereocenters. The number of hydrogen-bond donors (Lipinski definition) is 1. The zero-order valence-electron chi connectivity index (χ0n) is 16.3. The average Bonchev–Trinajstić information content (AvgIpc) is 2.64. The van der Waals surface area contributed by atoms with E-state index in [9.17, 15) is 18.0 Å². The summed E-state index contributed by atoms with van der Waals surface area (Å²) in [6.07, 6.45) is -1.78. The predicted octanol–water partition coefficient (Wildman–Crippen LogP) is 3.08. The number of carbonyl (C=O) groups excluding carboxylic acids is 1. The van der Waals surface area contributed by atoms with Crippen molar-refractivity contribution in [2.24, 2.45) is 5.92 Å². The Kier molecular flexibility index (Phi) is 7.47. The molecule has 1 aliphatic heterocycles. The normalized spacial score (nSPS) is 16.5. The van der Waals surface area contributed by atoms with Crippen LogP contribution in [0.4, 0.5) is 19.0 Å². The van der Waals surface area contributed by atoms with Crippen LogP contribution in [0.15, 0.2) is 12.1 Å². The van der Waals surface area contributed by atoms with Gasteiger partial charge in [0, 0.05) is 37.8 Å². The largest absolute Gasteiger partial charge is 0.416 e. The lowest BCUT2D eigenvalue weighted by Crippen LogP contribution is -2.50. The van der Waals surface area contributed by atoms with Crippen molar-refractivity contribution in [1.82, 2.24) is 15.2 Å². The van der Waals surface area contributed by atoms with Crippen molar-refractivity contribution in [3.63, 3.8) is 0 Å². The van der Waals surface area contributed by atoms with Gasteiger partial charge in [0.05, 0.1) is 5.56 Å². The van der Waals surface area contributed by atoms with E-state index in [4.69, 9.17) is 0 Å². The molecule has 0 radical (unpaired) electrons. The van der Waals surface area contributed by atoms with Crippen molar-refractivity contribution in [1.29, 1.82) is 0 Å². The maximum atomic E-state index is 13.0. The molecule has 5 nitrogen and oxygen atoms in total. The molecule has 1 aromatic heterocycles. The average molecular weight is 386 g/mol. The van der Waals surface area contributed by atoms with Crippen molar-refractivity contribution in [3.05, 3.63) is 23.4 Å². The van der Waals surface area contributed by atoms with Crippen LogP contribution < -0.4 is 10.2 Å². The third-order valence-corrected chi connectivity index (χ3v) is 5.00. The maximum Gasteiger partial charge on any atom is 0.416 e. The minimum absolute atomic E-state index is 0.0128. The number of nitrogens with zero attached hydrogens (tertiary/aromatic N) is 3. The number of halogens is 3. The molecular weight excluding hydrogens is 357 g/mol. The number of alkyl halides is 3. The number of piperazine rings is 1. The molecule has 0 saturated carbocycles. The van der Waals surface area contributed by atoms with Crippen molar-refractivity contribution >= 4 is 11.7 Å². The lowest BCUT2D eigenvalue weighted by atomic mass is 9.98. The molecule has 2 heterocycles. The summed E-state index contributed by atoms with van der Waals surface area (Å²) in [5.74, 6) is 0.496. The first-order valence-corrected chi connectivity index (χ1v) is 9.50. The first-order valence-electron chi connectivity index (χ1n) is 9.50. The zero-order valence-corrected chi connectivity index (χ0v) is 16.3. The van der Waals surface area contributed by atoms with Gasteiger partial charge in [-0.1, -0.05) is 6.92 Å². The predicted molar refractivity (Wildman–Crippen MR) is 99.7 cm³/mol. The third kappa shape index (κ3) is 5.82. The Morgan fingerprint density at radius 3 is 2.48 bits per heavy atom. The molecule has 1 unspecified atom stereocenters. The number of nitrogens with one attached hydrogen (secondary N) is 1. The van der Waals surface area contributed by atoms with E-state index in [1.807, 2.05) is 23.8 Å². The van der Waals surface area contributed by atoms with Crippen LogP contribution in [-0.2, 0) is 11.0 Å². The summed E-state index contributed by atoms with van der Waals surface area (Å²) in [4.78, 5) is 20.7. The fourth-order valence-electron chi connectivity index (χ4n) is 3.42. The summed E-state index contributed by atoms with van der Waals surface area (Å²) < 4.78 is 39.1. The van der Waals surface area contributed by atoms with Gasteiger partial charge >= 0.3 is 6.18 Å². The third-order valence-electron chi connectivity index (χ3n) is 5.00. The van der Waals surface area contributed by atoms with Crippen molar-refractivity contribution in [2.45, 2.75) is 39.3 Å². The second kappa shape index (κ2) is 9.39. The zero-order chi connectivity index (χ0) is 20.0. The molecule has 1 saturated heterocycles. The second-order valence-corrected chi connectivity index (χ2v) is 7.02. The molecule has 0 bridgehead atoms. The summed E-state index contributed by atoms with van der Waals surface area (Å²) in [5.41, 5.74) is -0.340. The number of anilines is 1. The lowest BCUT2D eigenvalue weighted by molar-refractivity contribution is -0.137. The molecule has 1 fully saturated rings. The molecule has 1 aliphatic rings. The number of amides is 1. The van der Waals surface area contributed by atoms with Crippen LogP contribution in [-0.4, -0.2) is 55.6 Å². The summed E-state index contributed by atoms with van der Waals surface area (Å²) in [5, 5.41) is 3.09. The van der Waals surface area contributed by atoms with Crippen molar-refractivity contribution in [3.8, 4) is 0 Å². The smallest absolute Gasteiger partial charge is 0.353 e. The lowest BCUT2D eigenvalue weighted by Gasteiger charge is -2.37. The summed E-state index contributed by atoms with van der Waals surface area (Å²) in [6, 6.07) is 2.15. The van der Waals surface area contributed by atoms with E-state index in [0.717, 1.165) is 37.9 Å². The summed E-state index contributed by atoms with van der Waals surface area (Å²) >= 11 is 0. The molecule has 152 valence electrons. The van der Waals surface area contributed by atoms with Gasteiger partial charge in [-0.3, -0.25) is 4.79 Å². The topological polar surface area (TPSA) is 48.5 Å². The molecule has 2 rings (SSSR count). The molecule has 1 aromatic rings. The Labute approximate surface area is 158 Å². The van der Waals surface area contributed by atoms with E-state index < -0.39 is 11.7 Å². The highest BCUT2D eigenvalue weighted by atomic mass is 19.4. The van der Waals surface area contributed by atoms with E-state index in [0.29, 0.717) is 37.7 Å². The Morgan fingerprint density at radius 2 is 1.93 bits per heavy atom. The van der Waals surface area contributed by atoms with Gasteiger partial charge < -0.3 is 15.1 Å². The molecule has 0 aromatic carbocycles. The Hall–Kier alpha value is -1.83. The fraction of sp³-hybridized carbons (Fsp3) is 0.684. The van der Waals surface area contributed by atoms with Crippen LogP contribution in [0.3, 0.4) is 0 Å². The van der Waals surface area contributed by atoms with Gasteiger partial charge in [-0.2, -0.15) is 13.2 Å². The van der Waals surface area contributed by atoms with E-state index in [1.165, 1.54) is 0 Å². The Morgan fingerprint density at radius 1 is 1.26 bits per heavy atom. The van der Waals surface area contributed by atoms with Crippen molar-refractivity contribution in [2.75, 3.05) is 44.7 Å². The van der Waals surface area contributed by atoms with Gasteiger partial charge in [-0.15, -0.1) is 0 Å². The quantitative estimate of drug-likeness (QED) is 0.732. The number of pyridine rings is 1. The van der Waals surface area contributed by atoms with E-state index in [-0.39, 0.29) is 11.8 Å². The van der Waals surface area contributed by atoms with Crippen LogP contribution in [0, 0.1) is 12.8 Å². The number of aryl methyl sites for hydroxylation is 1. The summed E-state index contributed by atoms with van der Waals surface area (Å²) in [6.45, 7) is 6.48. The molecular formula is C19H29F3N4O. The molecule has 0 aliphatic carbocycles. The van der Waals surface area contributed by atoms with E-state index in [2.05, 4.69) is 10.3 Å². The molecule has 0 spiro atoms. The first-order chi connectivity index (χ1) is 12.8. The Balaban J connectivity index is 1.98. The summed E-state index contributed by atoms with van der Waals surface area (Å²) in [7, 11) is 1.89. The maximum absolute atomic E-state index is 13.0. The number of aromatic nitrogens is 1. The van der Waals surface area contributed by atoms with Gasteiger partial charge in [0.25, 0.3) is 0 Å². The first kappa shape index (κ1) is 21.5. The number of carbonyl (C=O) groups is 1. The fourth-order valence-corrected chi connectivity index (χ4v) is 3.42. The van der Waals surface area contributed by atoms with E-state index >= 15 is 0 Å². The standard InChI is InChI=1S/C19H29F3N4O/c1-4-15(6-5-7-23-3)18(27)26-10-8-25(9-11-26)17-13-16(19(20,21)22)12-14(2)24-17/h12-13,15,23H,4-11H2,1-3H3. The Bertz CT molecular complexity index is 628. The molecule has 8 heteroatoms. The van der Waals surface area contributed by atoms with Crippen LogP contribution in [0.1, 0.15) is 37.4 Å². The van der Waals surface area contributed by atoms with Gasteiger partial charge in [0.2, 0.25) is 5.91 Å². The molecule has 1 N–H and O–H groups in total. The highest BCUT2D eigenvalue weighted by molar-refractivity contribution is 5.79. The van der Waals surface area contributed by atoms with Gasteiger partial charge in [-0.05, 0) is 51.9 Å². The molecule has 27 heavy (non-hydrogen) atoms. The number of rotatable bonds is 7. The van der Waals surface area contributed by atoms with Gasteiger partial charge in [0.15, 0.2) is 0 Å². The van der Waals surface area contributed by atoms with Crippen LogP contribution in [0.5, 0.6) is 0 Å².